The van der Waals surface area contributed by atoms with E-state index in [1.54, 1.807) is 4.68 Å². The maximum atomic E-state index is 8.84. The van der Waals surface area contributed by atoms with Crippen molar-refractivity contribution >= 4 is 0 Å². The van der Waals surface area contributed by atoms with Gasteiger partial charge in [-0.15, -0.1) is 5.10 Å². The number of hydrogen-bond donors (Lipinski definition) is 2. The first-order chi connectivity index (χ1) is 9.62. The molecule has 0 fully saturated rings. The molecule has 0 aromatic carbocycles. The van der Waals surface area contributed by atoms with E-state index in [9.17, 15) is 0 Å². The Hall–Kier alpha value is -0.980. The monoisotopic (exact) mass is 283 g/mol. The molecule has 1 unspecified atom stereocenters. The summed E-state index contributed by atoms with van der Waals surface area (Å²) < 4.78 is 1.67. The lowest BCUT2D eigenvalue weighted by Crippen LogP contribution is -2.42. The molecule has 0 amide bonds. The zero-order valence-corrected chi connectivity index (χ0v) is 13.2. The minimum Gasteiger partial charge on any atom is -0.394 e. The predicted octanol–water partition coefficient (Wildman–Crippen LogP) is 0.726. The SMILES string of the molecule is CCC(CC)C(CNCc1cn(CCO)nn1)N(C)C. The second kappa shape index (κ2) is 9.05. The summed E-state index contributed by atoms with van der Waals surface area (Å²) in [6.45, 7) is 6.77. The number of nitrogens with zero attached hydrogens (tertiary/aromatic N) is 4. The van der Waals surface area contributed by atoms with Crippen LogP contribution in [0.3, 0.4) is 0 Å². The molecule has 116 valence electrons. The summed E-state index contributed by atoms with van der Waals surface area (Å²) in [5.41, 5.74) is 0.917. The summed E-state index contributed by atoms with van der Waals surface area (Å²) in [7, 11) is 4.28. The Kier molecular flexibility index (Phi) is 7.72. The Morgan fingerprint density at radius 2 is 2.05 bits per heavy atom. The zero-order chi connectivity index (χ0) is 15.0. The van der Waals surface area contributed by atoms with Gasteiger partial charge in [-0.05, 0) is 20.0 Å². The number of aliphatic hydroxyl groups is 1. The molecule has 0 bridgehead atoms. The summed E-state index contributed by atoms with van der Waals surface area (Å²) in [4.78, 5) is 2.30. The second-order valence-electron chi connectivity index (χ2n) is 5.43. The highest BCUT2D eigenvalue weighted by Gasteiger charge is 2.20. The van der Waals surface area contributed by atoms with Crippen molar-refractivity contribution < 1.29 is 5.11 Å². The molecule has 1 atom stereocenters. The Balaban J connectivity index is 2.43. The van der Waals surface area contributed by atoms with Crippen molar-refractivity contribution in [1.29, 1.82) is 0 Å². The Morgan fingerprint density at radius 3 is 2.60 bits per heavy atom. The van der Waals surface area contributed by atoms with Gasteiger partial charge in [-0.3, -0.25) is 0 Å². The molecule has 1 rings (SSSR count). The Morgan fingerprint density at radius 1 is 1.35 bits per heavy atom. The summed E-state index contributed by atoms with van der Waals surface area (Å²) in [6, 6.07) is 0.539. The van der Waals surface area contributed by atoms with Crippen LogP contribution in [-0.2, 0) is 13.1 Å². The van der Waals surface area contributed by atoms with Crippen molar-refractivity contribution in [1.82, 2.24) is 25.2 Å². The molecule has 6 heteroatoms. The van der Waals surface area contributed by atoms with Crippen molar-refractivity contribution in [3.05, 3.63) is 11.9 Å². The third-order valence-corrected chi connectivity index (χ3v) is 3.83. The number of rotatable bonds is 10. The summed E-state index contributed by atoms with van der Waals surface area (Å²) in [6.07, 6.45) is 4.28. The molecule has 0 saturated carbocycles. The minimum absolute atomic E-state index is 0.0909. The quantitative estimate of drug-likeness (QED) is 0.662. The number of hydrogen-bond acceptors (Lipinski definition) is 5. The molecule has 0 saturated heterocycles. The molecule has 0 aliphatic rings. The fraction of sp³-hybridized carbons (Fsp3) is 0.857. The summed E-state index contributed by atoms with van der Waals surface area (Å²) >= 11 is 0. The van der Waals surface area contributed by atoms with Crippen LogP contribution in [-0.4, -0.2) is 58.3 Å². The van der Waals surface area contributed by atoms with Crippen LogP contribution < -0.4 is 5.32 Å². The van der Waals surface area contributed by atoms with Crippen molar-refractivity contribution in [3.8, 4) is 0 Å². The maximum Gasteiger partial charge on any atom is 0.0964 e. The second-order valence-corrected chi connectivity index (χ2v) is 5.43. The van der Waals surface area contributed by atoms with Gasteiger partial charge >= 0.3 is 0 Å². The highest BCUT2D eigenvalue weighted by atomic mass is 16.3. The highest BCUT2D eigenvalue weighted by Crippen LogP contribution is 2.16. The van der Waals surface area contributed by atoms with Crippen molar-refractivity contribution in [2.75, 3.05) is 27.2 Å². The lowest BCUT2D eigenvalue weighted by atomic mass is 9.93. The topological polar surface area (TPSA) is 66.2 Å². The smallest absolute Gasteiger partial charge is 0.0964 e. The average Bonchev–Trinajstić information content (AvgIpc) is 2.86. The molecular weight excluding hydrogens is 254 g/mol. The number of nitrogens with one attached hydrogen (secondary N) is 1. The molecular formula is C14H29N5O. The van der Waals surface area contributed by atoms with Gasteiger partial charge in [-0.1, -0.05) is 31.9 Å². The normalized spacial score (nSPS) is 13.3. The molecule has 2 N–H and O–H groups in total. The number of aromatic nitrogens is 3. The summed E-state index contributed by atoms with van der Waals surface area (Å²) in [5, 5.41) is 20.4. The van der Waals surface area contributed by atoms with Gasteiger partial charge in [0.1, 0.15) is 0 Å². The van der Waals surface area contributed by atoms with Crippen LogP contribution in [0.2, 0.25) is 0 Å². The molecule has 0 aliphatic carbocycles. The molecule has 0 aliphatic heterocycles. The fourth-order valence-electron chi connectivity index (χ4n) is 2.58. The number of likely N-dealkylation sites (N-methyl/N-ethyl adjacent to an activating group) is 1. The van der Waals surface area contributed by atoms with Crippen LogP contribution in [0.25, 0.3) is 0 Å². The van der Waals surface area contributed by atoms with Gasteiger partial charge in [0, 0.05) is 25.3 Å². The van der Waals surface area contributed by atoms with E-state index in [0.29, 0.717) is 18.5 Å². The van der Waals surface area contributed by atoms with Gasteiger partial charge in [0.05, 0.1) is 18.8 Å². The summed E-state index contributed by atoms with van der Waals surface area (Å²) in [5.74, 6) is 0.711. The van der Waals surface area contributed by atoms with Crippen LogP contribution in [0.4, 0.5) is 0 Å². The fourth-order valence-corrected chi connectivity index (χ4v) is 2.58. The standard InChI is InChI=1S/C14H29N5O/c1-5-12(6-2)14(18(3)4)10-15-9-13-11-19(7-8-20)17-16-13/h11-12,14-15,20H,5-10H2,1-4H3. The third-order valence-electron chi connectivity index (χ3n) is 3.83. The first-order valence-electron chi connectivity index (χ1n) is 7.49. The van der Waals surface area contributed by atoms with Gasteiger partial charge in [-0.25, -0.2) is 4.68 Å². The average molecular weight is 283 g/mol. The first-order valence-corrected chi connectivity index (χ1v) is 7.49. The van der Waals surface area contributed by atoms with Crippen LogP contribution in [0.15, 0.2) is 6.20 Å². The molecule has 0 radical (unpaired) electrons. The Bertz CT molecular complexity index is 362. The van der Waals surface area contributed by atoms with Gasteiger partial charge < -0.3 is 15.3 Å². The Labute approximate surface area is 122 Å². The minimum atomic E-state index is 0.0909. The lowest BCUT2D eigenvalue weighted by Gasteiger charge is -2.31. The van der Waals surface area contributed by atoms with Gasteiger partial charge in [0.2, 0.25) is 0 Å². The van der Waals surface area contributed by atoms with E-state index in [1.807, 2.05) is 6.20 Å². The highest BCUT2D eigenvalue weighted by molar-refractivity contribution is 4.92. The molecule has 1 aromatic heterocycles. The largest absolute Gasteiger partial charge is 0.394 e. The van der Waals surface area contributed by atoms with E-state index in [0.717, 1.165) is 18.8 Å². The van der Waals surface area contributed by atoms with E-state index in [1.165, 1.54) is 12.8 Å². The molecule has 20 heavy (non-hydrogen) atoms. The van der Waals surface area contributed by atoms with Crippen LogP contribution in [0.5, 0.6) is 0 Å². The van der Waals surface area contributed by atoms with E-state index >= 15 is 0 Å². The van der Waals surface area contributed by atoms with Gasteiger partial charge in [0.25, 0.3) is 0 Å². The van der Waals surface area contributed by atoms with Crippen molar-refractivity contribution in [3.63, 3.8) is 0 Å². The van der Waals surface area contributed by atoms with E-state index in [2.05, 4.69) is 48.5 Å². The lowest BCUT2D eigenvalue weighted by molar-refractivity contribution is 0.193. The molecule has 1 aromatic rings. The van der Waals surface area contributed by atoms with E-state index in [4.69, 9.17) is 5.11 Å². The van der Waals surface area contributed by atoms with Crippen LogP contribution in [0.1, 0.15) is 32.4 Å². The first kappa shape index (κ1) is 17.1. The van der Waals surface area contributed by atoms with Crippen LogP contribution in [0, 0.1) is 5.92 Å². The predicted molar refractivity (Wildman–Crippen MR) is 80.4 cm³/mol. The molecule has 1 heterocycles. The third kappa shape index (κ3) is 5.19. The van der Waals surface area contributed by atoms with Crippen molar-refractivity contribution in [2.45, 2.75) is 45.8 Å². The van der Waals surface area contributed by atoms with Gasteiger partial charge in [-0.2, -0.15) is 0 Å². The van der Waals surface area contributed by atoms with Crippen LogP contribution >= 0.6 is 0 Å². The number of aliphatic hydroxyl groups excluding tert-OH is 1. The molecule has 6 nitrogen and oxygen atoms in total. The van der Waals surface area contributed by atoms with E-state index in [-0.39, 0.29) is 6.61 Å². The molecule has 0 spiro atoms. The van der Waals surface area contributed by atoms with Crippen molar-refractivity contribution in [2.24, 2.45) is 5.92 Å². The maximum absolute atomic E-state index is 8.84. The van der Waals surface area contributed by atoms with Gasteiger partial charge in [0.15, 0.2) is 0 Å². The zero-order valence-electron chi connectivity index (χ0n) is 13.2. The van der Waals surface area contributed by atoms with E-state index < -0.39 is 0 Å².